The fourth-order valence-electron chi connectivity index (χ4n) is 4.77. The maximum Gasteiger partial charge on any atom is 0.196 e. The van der Waals surface area contributed by atoms with Gasteiger partial charge in [-0.3, -0.25) is 0 Å². The molecule has 0 unspecified atom stereocenters. The molecule has 0 N–H and O–H groups in total. The van der Waals surface area contributed by atoms with Crippen molar-refractivity contribution in [1.29, 1.82) is 5.26 Å². The second-order valence-corrected chi connectivity index (χ2v) is 7.91. The summed E-state index contributed by atoms with van der Waals surface area (Å²) in [7, 11) is 0. The van der Waals surface area contributed by atoms with Gasteiger partial charge in [-0.15, -0.1) is 0 Å². The molecule has 0 spiro atoms. The van der Waals surface area contributed by atoms with Gasteiger partial charge < -0.3 is 0 Å². The number of halogens is 2. The van der Waals surface area contributed by atoms with Gasteiger partial charge in [0.15, 0.2) is 5.83 Å². The summed E-state index contributed by atoms with van der Waals surface area (Å²) in [6.45, 7) is 4.42. The Balaban J connectivity index is 1.48. The third kappa shape index (κ3) is 4.61. The molecule has 0 bridgehead atoms. The van der Waals surface area contributed by atoms with Crippen molar-refractivity contribution in [2.45, 2.75) is 57.3 Å². The van der Waals surface area contributed by atoms with Gasteiger partial charge in [-0.25, -0.2) is 4.39 Å². The van der Waals surface area contributed by atoms with Crippen molar-refractivity contribution >= 4 is 0 Å². The molecule has 2 saturated carbocycles. The summed E-state index contributed by atoms with van der Waals surface area (Å²) in [6, 6.07) is 8.53. The molecule has 2 aliphatic rings. The monoisotopic (exact) mass is 355 g/mol. The van der Waals surface area contributed by atoms with Crippen LogP contribution in [-0.2, 0) is 0 Å². The Hall–Kier alpha value is -1.95. The van der Waals surface area contributed by atoms with Crippen LogP contribution in [0.15, 0.2) is 48.3 Å². The molecule has 26 heavy (non-hydrogen) atoms. The summed E-state index contributed by atoms with van der Waals surface area (Å²) in [6.07, 6.45) is 10.1. The molecule has 3 rings (SSSR count). The van der Waals surface area contributed by atoms with Crippen LogP contribution in [0.1, 0.15) is 62.8 Å². The molecule has 0 aromatic heterocycles. The van der Waals surface area contributed by atoms with Gasteiger partial charge >= 0.3 is 0 Å². The first-order valence-corrected chi connectivity index (χ1v) is 9.78. The van der Waals surface area contributed by atoms with Gasteiger partial charge in [-0.1, -0.05) is 24.3 Å². The topological polar surface area (TPSA) is 23.8 Å². The lowest BCUT2D eigenvalue weighted by Crippen LogP contribution is -2.22. The Kier molecular flexibility index (Phi) is 6.25. The van der Waals surface area contributed by atoms with Crippen LogP contribution in [0.25, 0.3) is 0 Å². The average molecular weight is 355 g/mol. The van der Waals surface area contributed by atoms with Crippen molar-refractivity contribution in [3.8, 4) is 6.07 Å². The summed E-state index contributed by atoms with van der Waals surface area (Å²) in [5.41, 5.74) is 2.63. The lowest BCUT2D eigenvalue weighted by Gasteiger charge is -2.35. The van der Waals surface area contributed by atoms with Crippen molar-refractivity contribution in [2.75, 3.05) is 0 Å². The number of hydrogen-bond donors (Lipinski definition) is 0. The van der Waals surface area contributed by atoms with Crippen LogP contribution in [0.3, 0.4) is 0 Å². The minimum atomic E-state index is -0.647. The molecular weight excluding hydrogens is 328 g/mol. The molecular formula is C23H27F2N. The Bertz CT molecular complexity index is 682. The third-order valence-electron chi connectivity index (χ3n) is 6.38. The van der Waals surface area contributed by atoms with Crippen LogP contribution in [0.2, 0.25) is 0 Å². The van der Waals surface area contributed by atoms with E-state index >= 15 is 0 Å². The predicted molar refractivity (Wildman–Crippen MR) is 100 cm³/mol. The minimum absolute atomic E-state index is 0.170. The second-order valence-electron chi connectivity index (χ2n) is 7.91. The van der Waals surface area contributed by atoms with Crippen molar-refractivity contribution in [2.24, 2.45) is 17.8 Å². The normalized spacial score (nSPS) is 29.8. The van der Waals surface area contributed by atoms with Gasteiger partial charge in [0.05, 0.1) is 0 Å². The molecule has 0 aliphatic heterocycles. The zero-order valence-electron chi connectivity index (χ0n) is 15.3. The Morgan fingerprint density at radius 3 is 2.04 bits per heavy atom. The summed E-state index contributed by atoms with van der Waals surface area (Å²) in [5.74, 6) is 1.04. The van der Waals surface area contributed by atoms with E-state index in [2.05, 4.69) is 6.58 Å². The zero-order valence-corrected chi connectivity index (χ0v) is 15.3. The lowest BCUT2D eigenvalue weighted by atomic mass is 9.70. The SMILES string of the molecule is C=C(C1CCC(/C=C(\F)C#N)CC1)C1CCC(c2ccc(F)cc2)CC1. The Morgan fingerprint density at radius 1 is 0.962 bits per heavy atom. The zero-order chi connectivity index (χ0) is 18.5. The number of hydrogen-bond acceptors (Lipinski definition) is 1. The van der Waals surface area contributed by atoms with E-state index in [1.807, 2.05) is 12.1 Å². The smallest absolute Gasteiger partial charge is 0.196 e. The van der Waals surface area contributed by atoms with Crippen LogP contribution < -0.4 is 0 Å². The van der Waals surface area contributed by atoms with Gasteiger partial charge in [0.25, 0.3) is 0 Å². The van der Waals surface area contributed by atoms with Gasteiger partial charge in [-0.05, 0) is 98.8 Å². The van der Waals surface area contributed by atoms with Gasteiger partial charge in [0, 0.05) is 0 Å². The number of nitriles is 1. The quantitative estimate of drug-likeness (QED) is 0.428. The molecule has 3 heteroatoms. The first kappa shape index (κ1) is 18.8. The average Bonchev–Trinajstić information content (AvgIpc) is 2.68. The van der Waals surface area contributed by atoms with Crippen molar-refractivity contribution in [3.05, 3.63) is 59.7 Å². The highest BCUT2D eigenvalue weighted by atomic mass is 19.1. The highest BCUT2D eigenvalue weighted by molar-refractivity contribution is 5.22. The third-order valence-corrected chi connectivity index (χ3v) is 6.38. The number of allylic oxidation sites excluding steroid dienone is 3. The molecule has 0 heterocycles. The predicted octanol–water partition coefficient (Wildman–Crippen LogP) is 6.84. The van der Waals surface area contributed by atoms with E-state index in [9.17, 15) is 8.78 Å². The van der Waals surface area contributed by atoms with E-state index in [0.717, 1.165) is 51.4 Å². The van der Waals surface area contributed by atoms with Crippen molar-refractivity contribution in [1.82, 2.24) is 0 Å². The van der Waals surface area contributed by atoms with Crippen molar-refractivity contribution < 1.29 is 8.78 Å². The van der Waals surface area contributed by atoms with Crippen LogP contribution in [0, 0.1) is 34.9 Å². The highest BCUT2D eigenvalue weighted by Crippen LogP contribution is 2.43. The molecule has 1 aromatic carbocycles. The van der Waals surface area contributed by atoms with Gasteiger partial charge in [-0.2, -0.15) is 9.65 Å². The number of benzene rings is 1. The number of rotatable bonds is 4. The molecule has 138 valence electrons. The van der Waals surface area contributed by atoms with Crippen LogP contribution in [0.5, 0.6) is 0 Å². The van der Waals surface area contributed by atoms with E-state index in [-0.39, 0.29) is 11.7 Å². The summed E-state index contributed by atoms with van der Waals surface area (Å²) in [4.78, 5) is 0. The molecule has 1 aromatic rings. The lowest BCUT2D eigenvalue weighted by molar-refractivity contribution is 0.289. The molecule has 0 saturated heterocycles. The maximum atomic E-state index is 13.1. The first-order chi connectivity index (χ1) is 12.6. The van der Waals surface area contributed by atoms with E-state index in [1.165, 1.54) is 17.2 Å². The highest BCUT2D eigenvalue weighted by Gasteiger charge is 2.29. The molecule has 0 radical (unpaired) electrons. The fourth-order valence-corrected chi connectivity index (χ4v) is 4.77. The molecule has 1 nitrogen and oxygen atoms in total. The van der Waals surface area contributed by atoms with E-state index in [0.29, 0.717) is 17.8 Å². The summed E-state index contributed by atoms with van der Waals surface area (Å²) >= 11 is 0. The van der Waals surface area contributed by atoms with Crippen LogP contribution in [0.4, 0.5) is 8.78 Å². The molecule has 0 amide bonds. The molecule has 2 aliphatic carbocycles. The number of nitrogens with zero attached hydrogens (tertiary/aromatic N) is 1. The maximum absolute atomic E-state index is 13.1. The van der Waals surface area contributed by atoms with E-state index in [4.69, 9.17) is 5.26 Å². The standard InChI is InChI=1S/C23H27F2N/c1-16(18-4-2-17(3-5-18)14-23(25)15-26)19-6-8-20(9-7-19)21-10-12-22(24)13-11-21/h10-14,17-20H,1-9H2/b23-14-. The van der Waals surface area contributed by atoms with E-state index < -0.39 is 5.83 Å². The van der Waals surface area contributed by atoms with Crippen LogP contribution in [-0.4, -0.2) is 0 Å². The van der Waals surface area contributed by atoms with Gasteiger partial charge in [0.2, 0.25) is 0 Å². The first-order valence-electron chi connectivity index (χ1n) is 9.78. The van der Waals surface area contributed by atoms with Crippen LogP contribution >= 0.6 is 0 Å². The molecule has 0 atom stereocenters. The summed E-state index contributed by atoms with van der Waals surface area (Å²) in [5, 5.41) is 8.57. The minimum Gasteiger partial charge on any atom is -0.207 e. The van der Waals surface area contributed by atoms with Crippen molar-refractivity contribution in [3.63, 3.8) is 0 Å². The Morgan fingerprint density at radius 2 is 1.50 bits per heavy atom. The largest absolute Gasteiger partial charge is 0.207 e. The van der Waals surface area contributed by atoms with E-state index in [1.54, 1.807) is 18.2 Å². The van der Waals surface area contributed by atoms with Gasteiger partial charge in [0.1, 0.15) is 11.9 Å². The molecule has 2 fully saturated rings. The Labute approximate surface area is 155 Å². The second kappa shape index (κ2) is 8.62. The fraction of sp³-hybridized carbons (Fsp3) is 0.522. The summed E-state index contributed by atoms with van der Waals surface area (Å²) < 4.78 is 26.2.